The van der Waals surface area contributed by atoms with Crippen LogP contribution in [-0.2, 0) is 16.1 Å². The van der Waals surface area contributed by atoms with E-state index in [0.29, 0.717) is 25.1 Å². The lowest BCUT2D eigenvalue weighted by Gasteiger charge is -2.27. The molecule has 148 valence electrons. The lowest BCUT2D eigenvalue weighted by molar-refractivity contribution is -0.119. The van der Waals surface area contributed by atoms with E-state index in [-0.39, 0.29) is 17.9 Å². The first kappa shape index (κ1) is 19.2. The van der Waals surface area contributed by atoms with Gasteiger partial charge in [-0.15, -0.1) is 11.3 Å². The van der Waals surface area contributed by atoms with Crippen LogP contribution in [0, 0.1) is 0 Å². The van der Waals surface area contributed by atoms with Gasteiger partial charge in [0.05, 0.1) is 12.6 Å². The molecule has 1 unspecified atom stereocenters. The number of benzene rings is 1. The van der Waals surface area contributed by atoms with Gasteiger partial charge in [-0.05, 0) is 61.4 Å². The van der Waals surface area contributed by atoms with Crippen LogP contribution < -0.4 is 4.90 Å². The minimum absolute atomic E-state index is 0.0143. The lowest BCUT2D eigenvalue weighted by atomic mass is 10.1. The van der Waals surface area contributed by atoms with Crippen molar-refractivity contribution in [2.45, 2.75) is 44.8 Å². The molecular formula is C22H26N2O3S. The Kier molecular flexibility index (Phi) is 6.07. The first-order chi connectivity index (χ1) is 13.7. The summed E-state index contributed by atoms with van der Waals surface area (Å²) in [6.45, 7) is 2.76. The predicted octanol–water partition coefficient (Wildman–Crippen LogP) is 4.09. The number of ether oxygens (including phenoxy) is 1. The number of carbonyl (C=O) groups is 2. The molecule has 0 spiro atoms. The highest BCUT2D eigenvalue weighted by molar-refractivity contribution is 7.09. The average molecular weight is 399 g/mol. The van der Waals surface area contributed by atoms with E-state index in [0.717, 1.165) is 44.5 Å². The normalized spacial score (nSPS) is 19.8. The Bertz CT molecular complexity index is 798. The molecule has 3 heterocycles. The fourth-order valence-electron chi connectivity index (χ4n) is 3.89. The van der Waals surface area contributed by atoms with Crippen molar-refractivity contribution in [2.75, 3.05) is 24.6 Å². The minimum atomic E-state index is 0.0143. The third kappa shape index (κ3) is 4.45. The molecule has 1 aromatic heterocycles. The summed E-state index contributed by atoms with van der Waals surface area (Å²) in [5, 5.41) is 2.04. The number of piperidine rings is 1. The molecule has 6 heteroatoms. The third-order valence-electron chi connectivity index (χ3n) is 5.41. The quantitative estimate of drug-likeness (QED) is 0.737. The molecule has 1 atom stereocenters. The Labute approximate surface area is 169 Å². The molecule has 0 N–H and O–H groups in total. The summed E-state index contributed by atoms with van der Waals surface area (Å²) in [5.41, 5.74) is 1.54. The van der Waals surface area contributed by atoms with Gasteiger partial charge in [0.1, 0.15) is 0 Å². The second kappa shape index (κ2) is 8.88. The van der Waals surface area contributed by atoms with Crippen LogP contribution in [0.5, 0.6) is 0 Å². The molecule has 0 bridgehead atoms. The number of carbonyl (C=O) groups excluding carboxylic acids is 2. The largest absolute Gasteiger partial charge is 0.376 e. The molecule has 2 aliphatic rings. The third-order valence-corrected chi connectivity index (χ3v) is 6.27. The Morgan fingerprint density at radius 3 is 2.71 bits per heavy atom. The molecule has 2 fully saturated rings. The van der Waals surface area contributed by atoms with E-state index in [9.17, 15) is 9.59 Å². The van der Waals surface area contributed by atoms with Gasteiger partial charge in [0.15, 0.2) is 0 Å². The summed E-state index contributed by atoms with van der Waals surface area (Å²) < 4.78 is 5.76. The molecule has 2 saturated heterocycles. The number of rotatable bonds is 6. The van der Waals surface area contributed by atoms with Crippen molar-refractivity contribution in [3.8, 4) is 0 Å². The lowest BCUT2D eigenvalue weighted by Crippen LogP contribution is -2.37. The summed E-state index contributed by atoms with van der Waals surface area (Å²) in [5.74, 6) is 0.184. The highest BCUT2D eigenvalue weighted by Crippen LogP contribution is 2.23. The fourth-order valence-corrected chi connectivity index (χ4v) is 4.61. The maximum absolute atomic E-state index is 13.2. The van der Waals surface area contributed by atoms with Gasteiger partial charge < -0.3 is 14.5 Å². The maximum atomic E-state index is 13.2. The highest BCUT2D eigenvalue weighted by Gasteiger charge is 2.25. The summed E-state index contributed by atoms with van der Waals surface area (Å²) in [6.07, 6.45) is 4.79. The molecule has 0 radical (unpaired) electrons. The fraction of sp³-hybridized carbons (Fsp3) is 0.455. The first-order valence-electron chi connectivity index (χ1n) is 10.0. The van der Waals surface area contributed by atoms with Crippen molar-refractivity contribution in [3.63, 3.8) is 0 Å². The summed E-state index contributed by atoms with van der Waals surface area (Å²) in [6, 6.07) is 11.6. The molecule has 2 aliphatic heterocycles. The smallest absolute Gasteiger partial charge is 0.254 e. The number of hydrogen-bond acceptors (Lipinski definition) is 4. The number of anilines is 1. The summed E-state index contributed by atoms with van der Waals surface area (Å²) >= 11 is 1.66. The molecule has 4 rings (SSSR count). The Morgan fingerprint density at radius 2 is 2.04 bits per heavy atom. The van der Waals surface area contributed by atoms with Crippen LogP contribution in [0.3, 0.4) is 0 Å². The molecule has 1 aromatic carbocycles. The molecular weight excluding hydrogens is 372 g/mol. The second-order valence-electron chi connectivity index (χ2n) is 7.45. The van der Waals surface area contributed by atoms with Gasteiger partial charge >= 0.3 is 0 Å². The van der Waals surface area contributed by atoms with Crippen molar-refractivity contribution in [2.24, 2.45) is 0 Å². The molecule has 2 amide bonds. The Morgan fingerprint density at radius 1 is 1.18 bits per heavy atom. The SMILES string of the molecule is O=C(c1ccc(N2CCCCC2=O)cc1)N(Cc1cccs1)CC1CCCO1. The first-order valence-corrected chi connectivity index (χ1v) is 10.9. The zero-order valence-electron chi connectivity index (χ0n) is 16.0. The number of amides is 2. The van der Waals surface area contributed by atoms with Gasteiger partial charge in [-0.3, -0.25) is 9.59 Å². The topological polar surface area (TPSA) is 49.9 Å². The van der Waals surface area contributed by atoms with Gasteiger partial charge in [0.2, 0.25) is 5.91 Å². The van der Waals surface area contributed by atoms with E-state index in [2.05, 4.69) is 6.07 Å². The Hall–Kier alpha value is -2.18. The van der Waals surface area contributed by atoms with Crippen molar-refractivity contribution >= 4 is 28.8 Å². The van der Waals surface area contributed by atoms with Crippen LogP contribution in [0.4, 0.5) is 5.69 Å². The van der Waals surface area contributed by atoms with E-state index in [1.165, 1.54) is 4.88 Å². The van der Waals surface area contributed by atoms with Crippen LogP contribution in [0.2, 0.25) is 0 Å². The minimum Gasteiger partial charge on any atom is -0.376 e. The van der Waals surface area contributed by atoms with Gasteiger partial charge in [-0.1, -0.05) is 6.07 Å². The predicted molar refractivity (Wildman–Crippen MR) is 111 cm³/mol. The molecule has 5 nitrogen and oxygen atoms in total. The van der Waals surface area contributed by atoms with Gasteiger partial charge in [-0.25, -0.2) is 0 Å². The van der Waals surface area contributed by atoms with Crippen molar-refractivity contribution in [3.05, 3.63) is 52.2 Å². The number of nitrogens with zero attached hydrogens (tertiary/aromatic N) is 2. The maximum Gasteiger partial charge on any atom is 0.254 e. The number of hydrogen-bond donors (Lipinski definition) is 0. The van der Waals surface area contributed by atoms with Gasteiger partial charge in [0, 0.05) is 42.2 Å². The zero-order chi connectivity index (χ0) is 19.3. The summed E-state index contributed by atoms with van der Waals surface area (Å²) in [4.78, 5) is 30.2. The van der Waals surface area contributed by atoms with E-state index in [4.69, 9.17) is 4.74 Å². The summed E-state index contributed by atoms with van der Waals surface area (Å²) in [7, 11) is 0. The van der Waals surface area contributed by atoms with Crippen molar-refractivity contribution in [1.29, 1.82) is 0 Å². The highest BCUT2D eigenvalue weighted by atomic mass is 32.1. The zero-order valence-corrected chi connectivity index (χ0v) is 16.8. The average Bonchev–Trinajstić information content (AvgIpc) is 3.42. The van der Waals surface area contributed by atoms with Crippen LogP contribution in [-0.4, -0.2) is 42.5 Å². The molecule has 0 aliphatic carbocycles. The van der Waals surface area contributed by atoms with E-state index in [1.54, 1.807) is 11.3 Å². The van der Waals surface area contributed by atoms with Crippen molar-refractivity contribution < 1.29 is 14.3 Å². The number of thiophene rings is 1. The van der Waals surface area contributed by atoms with Crippen LogP contribution in [0.1, 0.15) is 47.3 Å². The van der Waals surface area contributed by atoms with E-state index >= 15 is 0 Å². The van der Waals surface area contributed by atoms with Crippen LogP contribution >= 0.6 is 11.3 Å². The second-order valence-corrected chi connectivity index (χ2v) is 8.48. The molecule has 2 aromatic rings. The van der Waals surface area contributed by atoms with Gasteiger partial charge in [0.25, 0.3) is 5.91 Å². The monoisotopic (exact) mass is 398 g/mol. The molecule has 28 heavy (non-hydrogen) atoms. The van der Waals surface area contributed by atoms with Crippen LogP contribution in [0.15, 0.2) is 41.8 Å². The van der Waals surface area contributed by atoms with E-state index < -0.39 is 0 Å². The van der Waals surface area contributed by atoms with Gasteiger partial charge in [-0.2, -0.15) is 0 Å². The molecule has 0 saturated carbocycles. The van der Waals surface area contributed by atoms with Crippen LogP contribution in [0.25, 0.3) is 0 Å². The van der Waals surface area contributed by atoms with Crippen molar-refractivity contribution in [1.82, 2.24) is 4.90 Å². The Balaban J connectivity index is 1.49. The standard InChI is InChI=1S/C22H26N2O3S/c25-21-7-1-2-12-24(21)18-10-8-17(9-11-18)22(26)23(15-19-5-3-13-27-19)16-20-6-4-14-28-20/h4,6,8-11,14,19H,1-3,5,7,12-13,15-16H2. The van der Waals surface area contributed by atoms with E-state index in [1.807, 2.05) is 45.5 Å².